The van der Waals surface area contributed by atoms with Crippen molar-refractivity contribution in [1.82, 2.24) is 25.0 Å². The molecule has 1 unspecified atom stereocenters. The van der Waals surface area contributed by atoms with Crippen molar-refractivity contribution < 1.29 is 4.79 Å². The van der Waals surface area contributed by atoms with E-state index in [1.165, 1.54) is 12.8 Å². The molecule has 1 N–H and O–H groups in total. The molecule has 0 bridgehead atoms. The van der Waals surface area contributed by atoms with Crippen LogP contribution in [0.15, 0.2) is 24.3 Å². The minimum atomic E-state index is -0.194. The first-order chi connectivity index (χ1) is 12.7. The normalized spacial score (nSPS) is 20.8. The Hall–Kier alpha value is -2.72. The first-order valence-corrected chi connectivity index (χ1v) is 9.16. The third-order valence-electron chi connectivity index (χ3n) is 5.13. The molecular formula is C19H22N6O. The largest absolute Gasteiger partial charge is 0.335 e. The summed E-state index contributed by atoms with van der Waals surface area (Å²) >= 11 is 0. The summed E-state index contributed by atoms with van der Waals surface area (Å²) in [7, 11) is 0. The molecule has 2 heterocycles. The van der Waals surface area contributed by atoms with E-state index >= 15 is 0 Å². The van der Waals surface area contributed by atoms with Gasteiger partial charge in [0, 0.05) is 43.2 Å². The van der Waals surface area contributed by atoms with Crippen LogP contribution in [0.2, 0.25) is 0 Å². The van der Waals surface area contributed by atoms with Crippen molar-refractivity contribution >= 4 is 5.91 Å². The third-order valence-corrected chi connectivity index (χ3v) is 5.13. The number of nitriles is 1. The number of rotatable bonds is 4. The number of aromatic amines is 1. The molecule has 7 nitrogen and oxygen atoms in total. The Labute approximate surface area is 152 Å². The lowest BCUT2D eigenvalue weighted by atomic mass is 10.1. The lowest BCUT2D eigenvalue weighted by Gasteiger charge is -2.38. The highest BCUT2D eigenvalue weighted by molar-refractivity contribution is 5.94. The second-order valence-corrected chi connectivity index (χ2v) is 6.90. The van der Waals surface area contributed by atoms with Crippen LogP contribution in [0, 0.1) is 11.3 Å². The standard InChI is InChI=1S/C19H22N6O/c1-2-17-21-18(23-22-17)13-3-5-14(6-4-13)19(26)24-9-10-25(15-7-8-15)16(11-20)12-24/h3-6,15-16H,2,7-10,12H2,1H3,(H,21,22,23). The molecule has 2 fully saturated rings. The molecule has 1 aliphatic carbocycles. The van der Waals surface area contributed by atoms with Gasteiger partial charge < -0.3 is 4.90 Å². The number of carbonyl (C=O) groups excluding carboxylic acids is 1. The third kappa shape index (κ3) is 3.20. The average Bonchev–Trinajstić information content (AvgIpc) is 3.43. The molecule has 1 atom stereocenters. The van der Waals surface area contributed by atoms with E-state index in [0.717, 1.165) is 24.4 Å². The van der Waals surface area contributed by atoms with E-state index in [1.54, 1.807) is 4.90 Å². The Morgan fingerprint density at radius 2 is 2.08 bits per heavy atom. The minimum absolute atomic E-state index is 0.0171. The van der Waals surface area contributed by atoms with Crippen molar-refractivity contribution in [1.29, 1.82) is 5.26 Å². The highest BCUT2D eigenvalue weighted by atomic mass is 16.2. The molecule has 2 aromatic rings. The zero-order valence-electron chi connectivity index (χ0n) is 14.9. The maximum Gasteiger partial charge on any atom is 0.253 e. The molecular weight excluding hydrogens is 328 g/mol. The van der Waals surface area contributed by atoms with E-state index in [9.17, 15) is 10.1 Å². The summed E-state index contributed by atoms with van der Waals surface area (Å²) in [5, 5.41) is 16.5. The fraction of sp³-hybridized carbons (Fsp3) is 0.474. The van der Waals surface area contributed by atoms with Crippen LogP contribution in [0.1, 0.15) is 35.9 Å². The number of hydrogen-bond acceptors (Lipinski definition) is 5. The molecule has 7 heteroatoms. The Balaban J connectivity index is 1.45. The van der Waals surface area contributed by atoms with Gasteiger partial charge >= 0.3 is 0 Å². The van der Waals surface area contributed by atoms with Gasteiger partial charge in [0.1, 0.15) is 11.9 Å². The highest BCUT2D eigenvalue weighted by Gasteiger charge is 2.38. The van der Waals surface area contributed by atoms with E-state index in [2.05, 4.69) is 26.2 Å². The molecule has 1 aliphatic heterocycles. The molecule has 134 valence electrons. The fourth-order valence-corrected chi connectivity index (χ4v) is 3.47. The fourth-order valence-electron chi connectivity index (χ4n) is 3.47. The Morgan fingerprint density at radius 1 is 1.31 bits per heavy atom. The number of aromatic nitrogens is 3. The second-order valence-electron chi connectivity index (χ2n) is 6.90. The molecule has 1 aromatic carbocycles. The number of nitrogens with one attached hydrogen (secondary N) is 1. The maximum absolute atomic E-state index is 12.8. The number of aryl methyl sites for hydroxylation is 1. The number of hydrogen-bond donors (Lipinski definition) is 1. The van der Waals surface area contributed by atoms with Crippen molar-refractivity contribution in [3.8, 4) is 17.5 Å². The zero-order valence-corrected chi connectivity index (χ0v) is 14.9. The van der Waals surface area contributed by atoms with E-state index in [-0.39, 0.29) is 11.9 Å². The Bertz CT molecular complexity index is 832. The number of benzene rings is 1. The summed E-state index contributed by atoms with van der Waals surface area (Å²) in [6.45, 7) is 3.96. The van der Waals surface area contributed by atoms with E-state index in [0.29, 0.717) is 30.5 Å². The predicted molar refractivity (Wildman–Crippen MR) is 96.2 cm³/mol. The van der Waals surface area contributed by atoms with Crippen LogP contribution in [0.4, 0.5) is 0 Å². The quantitative estimate of drug-likeness (QED) is 0.909. The van der Waals surface area contributed by atoms with Crippen molar-refractivity contribution in [2.75, 3.05) is 19.6 Å². The minimum Gasteiger partial charge on any atom is -0.335 e. The number of nitrogens with zero attached hydrogens (tertiary/aromatic N) is 5. The van der Waals surface area contributed by atoms with E-state index in [1.807, 2.05) is 31.2 Å². The van der Waals surface area contributed by atoms with Crippen LogP contribution in [-0.4, -0.2) is 62.6 Å². The number of carbonyl (C=O) groups is 1. The van der Waals surface area contributed by atoms with Crippen LogP contribution >= 0.6 is 0 Å². The number of H-pyrrole nitrogens is 1. The average molecular weight is 350 g/mol. The van der Waals surface area contributed by atoms with Crippen LogP contribution in [-0.2, 0) is 6.42 Å². The topological polar surface area (TPSA) is 88.9 Å². The van der Waals surface area contributed by atoms with Gasteiger partial charge in [0.15, 0.2) is 5.82 Å². The molecule has 1 amide bonds. The molecule has 0 spiro atoms. The molecule has 2 aliphatic rings. The van der Waals surface area contributed by atoms with Gasteiger partial charge in [-0.05, 0) is 25.0 Å². The van der Waals surface area contributed by atoms with E-state index in [4.69, 9.17) is 0 Å². The Morgan fingerprint density at radius 3 is 2.69 bits per heavy atom. The maximum atomic E-state index is 12.8. The van der Waals surface area contributed by atoms with Crippen molar-refractivity contribution in [2.24, 2.45) is 0 Å². The van der Waals surface area contributed by atoms with E-state index < -0.39 is 0 Å². The van der Waals surface area contributed by atoms with Gasteiger partial charge in [0.25, 0.3) is 5.91 Å². The summed E-state index contributed by atoms with van der Waals surface area (Å²) in [5.41, 5.74) is 1.52. The second kappa shape index (κ2) is 6.89. The van der Waals surface area contributed by atoms with Crippen molar-refractivity contribution in [3.05, 3.63) is 35.7 Å². The van der Waals surface area contributed by atoms with Crippen LogP contribution < -0.4 is 0 Å². The summed E-state index contributed by atoms with van der Waals surface area (Å²) in [6.07, 6.45) is 3.15. The molecule has 1 saturated carbocycles. The monoisotopic (exact) mass is 350 g/mol. The summed E-state index contributed by atoms with van der Waals surface area (Å²) < 4.78 is 0. The Kier molecular flexibility index (Phi) is 4.43. The van der Waals surface area contributed by atoms with Gasteiger partial charge in [-0.3, -0.25) is 14.8 Å². The molecule has 1 saturated heterocycles. The van der Waals surface area contributed by atoms with Crippen LogP contribution in [0.25, 0.3) is 11.4 Å². The first-order valence-electron chi connectivity index (χ1n) is 9.16. The SMILES string of the molecule is CCc1nc(-c2ccc(C(=O)N3CCN(C4CC4)C(C#N)C3)cc2)n[nH]1. The summed E-state index contributed by atoms with van der Waals surface area (Å²) in [5.74, 6) is 1.47. The van der Waals surface area contributed by atoms with Gasteiger partial charge in [-0.25, -0.2) is 4.98 Å². The van der Waals surface area contributed by atoms with Gasteiger partial charge in [-0.2, -0.15) is 10.4 Å². The van der Waals surface area contributed by atoms with Gasteiger partial charge in [-0.1, -0.05) is 19.1 Å². The molecule has 0 radical (unpaired) electrons. The lowest BCUT2D eigenvalue weighted by Crippen LogP contribution is -2.54. The smallest absolute Gasteiger partial charge is 0.253 e. The summed E-state index contributed by atoms with van der Waals surface area (Å²) in [4.78, 5) is 21.3. The molecule has 26 heavy (non-hydrogen) atoms. The first kappa shape index (κ1) is 16.7. The zero-order chi connectivity index (χ0) is 18.1. The highest BCUT2D eigenvalue weighted by Crippen LogP contribution is 2.30. The number of amides is 1. The van der Waals surface area contributed by atoms with Gasteiger partial charge in [0.05, 0.1) is 6.07 Å². The lowest BCUT2D eigenvalue weighted by molar-refractivity contribution is 0.0550. The van der Waals surface area contributed by atoms with Crippen LogP contribution in [0.5, 0.6) is 0 Å². The predicted octanol–water partition coefficient (Wildman–Crippen LogP) is 1.85. The van der Waals surface area contributed by atoms with Crippen molar-refractivity contribution in [2.45, 2.75) is 38.3 Å². The molecule has 1 aromatic heterocycles. The summed E-state index contributed by atoms with van der Waals surface area (Å²) in [6, 6.07) is 10.1. The van der Waals surface area contributed by atoms with Gasteiger partial charge in [-0.15, -0.1) is 0 Å². The van der Waals surface area contributed by atoms with Gasteiger partial charge in [0.2, 0.25) is 0 Å². The van der Waals surface area contributed by atoms with Crippen molar-refractivity contribution in [3.63, 3.8) is 0 Å². The number of piperazine rings is 1. The molecule has 4 rings (SSSR count). The van der Waals surface area contributed by atoms with Crippen LogP contribution in [0.3, 0.4) is 0 Å².